The Bertz CT molecular complexity index is 809. The molecule has 7 heteroatoms. The first-order valence-electron chi connectivity index (χ1n) is 11.5. The highest BCUT2D eigenvalue weighted by Crippen LogP contribution is 2.27. The molecule has 0 aromatic heterocycles. The third-order valence-corrected chi connectivity index (χ3v) is 6.56. The third-order valence-electron chi connectivity index (χ3n) is 6.56. The fourth-order valence-electron chi connectivity index (χ4n) is 5.07. The number of ether oxygens (including phenoxy) is 1. The second-order valence-electron chi connectivity index (χ2n) is 9.27. The molecule has 3 unspecified atom stereocenters. The Hall–Kier alpha value is -2.25. The number of carbonyl (C=O) groups excluding carboxylic acids is 2. The minimum atomic E-state index is -0.399. The van der Waals surface area contributed by atoms with Gasteiger partial charge < -0.3 is 9.64 Å². The van der Waals surface area contributed by atoms with Crippen LogP contribution in [0, 0.1) is 5.92 Å². The molecule has 0 spiro atoms. The number of nitrogens with zero attached hydrogens (tertiary/aromatic N) is 4. The van der Waals surface area contributed by atoms with Crippen LogP contribution >= 0.6 is 0 Å². The lowest BCUT2D eigenvalue weighted by molar-refractivity contribution is -0.125. The summed E-state index contributed by atoms with van der Waals surface area (Å²) in [6.07, 6.45) is 2.97. The topological polar surface area (TPSA) is 65.5 Å². The molecule has 0 N–H and O–H groups in total. The van der Waals surface area contributed by atoms with Crippen molar-refractivity contribution >= 4 is 23.1 Å². The van der Waals surface area contributed by atoms with Gasteiger partial charge in [-0.05, 0) is 51.7 Å². The number of para-hydroxylation sites is 1. The number of rotatable bonds is 5. The minimum absolute atomic E-state index is 0.0169. The lowest BCUT2D eigenvalue weighted by Gasteiger charge is -2.39. The first kappa shape index (κ1) is 22.0. The highest BCUT2D eigenvalue weighted by Gasteiger charge is 2.37. The third kappa shape index (κ3) is 5.15. The number of hydrogen-bond donors (Lipinski definition) is 0. The molecule has 7 nitrogen and oxygen atoms in total. The zero-order valence-electron chi connectivity index (χ0n) is 18.9. The Balaban J connectivity index is 1.34. The summed E-state index contributed by atoms with van der Waals surface area (Å²) in [5.41, 5.74) is 1.34. The van der Waals surface area contributed by atoms with Crippen LogP contribution in [0.1, 0.15) is 40.0 Å². The van der Waals surface area contributed by atoms with E-state index in [2.05, 4.69) is 23.8 Å². The van der Waals surface area contributed by atoms with Gasteiger partial charge in [0.2, 0.25) is 0 Å². The van der Waals surface area contributed by atoms with E-state index in [9.17, 15) is 9.59 Å². The van der Waals surface area contributed by atoms with Gasteiger partial charge in [-0.15, -0.1) is 0 Å². The van der Waals surface area contributed by atoms with Crippen LogP contribution < -0.4 is 5.01 Å². The maximum Gasteiger partial charge on any atom is 0.270 e. The Labute approximate surface area is 185 Å². The summed E-state index contributed by atoms with van der Waals surface area (Å²) in [5, 5.41) is 6.29. The van der Waals surface area contributed by atoms with Crippen molar-refractivity contribution in [1.82, 2.24) is 9.80 Å². The first-order valence-corrected chi connectivity index (χ1v) is 11.5. The number of hydrogen-bond acceptors (Lipinski definition) is 6. The van der Waals surface area contributed by atoms with Crippen LogP contribution in [-0.2, 0) is 14.3 Å². The van der Waals surface area contributed by atoms with E-state index in [4.69, 9.17) is 4.74 Å². The van der Waals surface area contributed by atoms with E-state index in [-0.39, 0.29) is 23.9 Å². The Kier molecular flexibility index (Phi) is 6.72. The average Bonchev–Trinajstić information content (AvgIpc) is 3.20. The Morgan fingerprint density at radius 2 is 1.71 bits per heavy atom. The zero-order chi connectivity index (χ0) is 22.0. The molecule has 0 aliphatic carbocycles. The SMILES string of the molecule is CC(=O)C1CC(C(=O)N2CCC(CN3CC(C)OC(C)C3)CC2)=NN1c1ccccc1. The second-order valence-corrected chi connectivity index (χ2v) is 9.27. The van der Waals surface area contributed by atoms with Crippen molar-refractivity contribution in [3.63, 3.8) is 0 Å². The highest BCUT2D eigenvalue weighted by atomic mass is 16.5. The van der Waals surface area contributed by atoms with Gasteiger partial charge in [0.1, 0.15) is 11.8 Å². The molecular weight excluding hydrogens is 392 g/mol. The number of morpholine rings is 1. The lowest BCUT2D eigenvalue weighted by atomic mass is 9.95. The van der Waals surface area contributed by atoms with Crippen LogP contribution in [0.3, 0.4) is 0 Å². The predicted molar refractivity (Wildman–Crippen MR) is 121 cm³/mol. The van der Waals surface area contributed by atoms with Gasteiger partial charge in [0.05, 0.1) is 17.9 Å². The van der Waals surface area contributed by atoms with Gasteiger partial charge in [-0.25, -0.2) is 0 Å². The van der Waals surface area contributed by atoms with E-state index >= 15 is 0 Å². The summed E-state index contributed by atoms with van der Waals surface area (Å²) < 4.78 is 5.84. The summed E-state index contributed by atoms with van der Waals surface area (Å²) in [6, 6.07) is 9.22. The van der Waals surface area contributed by atoms with Crippen molar-refractivity contribution < 1.29 is 14.3 Å². The van der Waals surface area contributed by atoms with E-state index in [1.54, 1.807) is 11.9 Å². The summed E-state index contributed by atoms with van der Waals surface area (Å²) in [5.74, 6) is 0.623. The predicted octanol–water partition coefficient (Wildman–Crippen LogP) is 2.56. The van der Waals surface area contributed by atoms with Crippen LogP contribution in [0.25, 0.3) is 0 Å². The van der Waals surface area contributed by atoms with Gasteiger partial charge in [-0.1, -0.05) is 18.2 Å². The summed E-state index contributed by atoms with van der Waals surface area (Å²) in [4.78, 5) is 29.8. The molecule has 3 heterocycles. The van der Waals surface area contributed by atoms with Crippen LogP contribution in [0.15, 0.2) is 35.4 Å². The number of carbonyl (C=O) groups is 2. The summed E-state index contributed by atoms with van der Waals surface area (Å²) >= 11 is 0. The number of likely N-dealkylation sites (tertiary alicyclic amines) is 1. The molecule has 3 aliphatic heterocycles. The van der Waals surface area contributed by atoms with E-state index in [1.807, 2.05) is 35.2 Å². The van der Waals surface area contributed by atoms with Gasteiger partial charge in [0.25, 0.3) is 5.91 Å². The molecule has 168 valence electrons. The Morgan fingerprint density at radius 1 is 1.06 bits per heavy atom. The molecule has 2 fully saturated rings. The normalized spacial score (nSPS) is 28.0. The molecule has 0 radical (unpaired) electrons. The van der Waals surface area contributed by atoms with E-state index in [1.165, 1.54) is 0 Å². The van der Waals surface area contributed by atoms with Gasteiger partial charge in [-0.3, -0.25) is 19.5 Å². The van der Waals surface area contributed by atoms with Crippen molar-refractivity contribution in [3.05, 3.63) is 30.3 Å². The number of Topliss-reactive ketones (excluding diaryl/α,β-unsaturated/α-hetero) is 1. The fraction of sp³-hybridized carbons (Fsp3) is 0.625. The fourth-order valence-corrected chi connectivity index (χ4v) is 5.07. The molecule has 0 saturated carbocycles. The van der Waals surface area contributed by atoms with Crippen LogP contribution in [0.5, 0.6) is 0 Å². The van der Waals surface area contributed by atoms with Crippen molar-refractivity contribution in [2.75, 3.05) is 37.7 Å². The smallest absolute Gasteiger partial charge is 0.270 e. The molecule has 3 aliphatic rings. The van der Waals surface area contributed by atoms with Crippen molar-refractivity contribution in [3.8, 4) is 0 Å². The van der Waals surface area contributed by atoms with Crippen LogP contribution in [0.2, 0.25) is 0 Å². The molecule has 3 atom stereocenters. The molecule has 0 bridgehead atoms. The molecule has 4 rings (SSSR count). The van der Waals surface area contributed by atoms with Gasteiger partial charge in [0.15, 0.2) is 5.78 Å². The highest BCUT2D eigenvalue weighted by molar-refractivity contribution is 6.40. The molecule has 31 heavy (non-hydrogen) atoms. The number of benzene rings is 1. The maximum absolute atomic E-state index is 13.2. The number of anilines is 1. The van der Waals surface area contributed by atoms with E-state index in [0.717, 1.165) is 51.3 Å². The molecule has 1 amide bonds. The van der Waals surface area contributed by atoms with Gasteiger partial charge in [-0.2, -0.15) is 5.10 Å². The average molecular weight is 427 g/mol. The molecule has 2 saturated heterocycles. The van der Waals surface area contributed by atoms with E-state index < -0.39 is 6.04 Å². The Morgan fingerprint density at radius 3 is 2.32 bits per heavy atom. The second kappa shape index (κ2) is 9.49. The molecule has 1 aromatic carbocycles. The maximum atomic E-state index is 13.2. The van der Waals surface area contributed by atoms with Gasteiger partial charge in [0, 0.05) is 39.1 Å². The number of amides is 1. The lowest BCUT2D eigenvalue weighted by Crippen LogP contribution is -2.49. The summed E-state index contributed by atoms with van der Waals surface area (Å²) in [7, 11) is 0. The molecular formula is C24H34N4O3. The number of piperidine rings is 1. The van der Waals surface area contributed by atoms with Crippen LogP contribution in [-0.4, -0.2) is 78.2 Å². The molecule has 1 aromatic rings. The first-order chi connectivity index (χ1) is 14.9. The number of hydrazone groups is 1. The quantitative estimate of drug-likeness (QED) is 0.724. The summed E-state index contributed by atoms with van der Waals surface area (Å²) in [6.45, 7) is 10.4. The monoisotopic (exact) mass is 426 g/mol. The minimum Gasteiger partial charge on any atom is -0.373 e. The number of ketones is 1. The standard InChI is InChI=1S/C24H34N4O3/c1-17-14-26(15-18(2)31-17)16-20-9-11-27(12-10-20)24(30)22-13-23(19(3)29)28(25-22)21-7-5-4-6-8-21/h4-8,17-18,20,23H,9-16H2,1-3H3. The van der Waals surface area contributed by atoms with Crippen LogP contribution in [0.4, 0.5) is 5.69 Å². The largest absolute Gasteiger partial charge is 0.373 e. The van der Waals surface area contributed by atoms with Crippen molar-refractivity contribution in [2.45, 2.75) is 58.3 Å². The van der Waals surface area contributed by atoms with E-state index in [0.29, 0.717) is 18.1 Å². The van der Waals surface area contributed by atoms with Crippen molar-refractivity contribution in [1.29, 1.82) is 0 Å². The van der Waals surface area contributed by atoms with Crippen molar-refractivity contribution in [2.24, 2.45) is 11.0 Å². The zero-order valence-corrected chi connectivity index (χ0v) is 18.9. The van der Waals surface area contributed by atoms with Gasteiger partial charge >= 0.3 is 0 Å².